The van der Waals surface area contributed by atoms with Gasteiger partial charge in [0, 0.05) is 13.1 Å². The van der Waals surface area contributed by atoms with Crippen molar-refractivity contribution in [2.45, 2.75) is 6.42 Å². The predicted molar refractivity (Wildman–Crippen MR) is 64.9 cm³/mol. The zero-order valence-electron chi connectivity index (χ0n) is 9.88. The molecule has 102 valence electrons. The van der Waals surface area contributed by atoms with Gasteiger partial charge < -0.3 is 10.2 Å². The molecule has 0 unspecified atom stereocenters. The van der Waals surface area contributed by atoms with E-state index in [-0.39, 0.29) is 23.0 Å². The summed E-state index contributed by atoms with van der Waals surface area (Å²) < 4.78 is 26.1. The highest BCUT2D eigenvalue weighted by Crippen LogP contribution is 2.21. The Kier molecular flexibility index (Phi) is 3.99. The van der Waals surface area contributed by atoms with Crippen LogP contribution in [0.1, 0.15) is 16.8 Å². The van der Waals surface area contributed by atoms with Gasteiger partial charge >= 0.3 is 0 Å². The molecule has 1 aromatic rings. The molecule has 1 aliphatic heterocycles. The number of halogens is 3. The number of rotatable bonds is 1. The molecule has 19 heavy (non-hydrogen) atoms. The van der Waals surface area contributed by atoms with Crippen LogP contribution < -0.4 is 5.32 Å². The second-order valence-corrected chi connectivity index (χ2v) is 4.58. The third-order valence-corrected chi connectivity index (χ3v) is 3.10. The predicted octanol–water partition coefficient (Wildman–Crippen LogP) is 1.58. The Morgan fingerprint density at radius 3 is 2.74 bits per heavy atom. The monoisotopic (exact) mass is 288 g/mol. The summed E-state index contributed by atoms with van der Waals surface area (Å²) in [6.07, 6.45) is 0.596. The van der Waals surface area contributed by atoms with Crippen LogP contribution in [0.25, 0.3) is 0 Å². The van der Waals surface area contributed by atoms with Crippen LogP contribution in [0.2, 0.25) is 5.02 Å². The molecule has 4 nitrogen and oxygen atoms in total. The van der Waals surface area contributed by atoms with Gasteiger partial charge in [0.1, 0.15) is 0 Å². The van der Waals surface area contributed by atoms with E-state index in [0.717, 1.165) is 12.1 Å². The Balaban J connectivity index is 2.28. The number of carbonyl (C=O) groups is 2. The fourth-order valence-corrected chi connectivity index (χ4v) is 2.07. The SMILES string of the molecule is O=C1CN(C(=O)c2cc(F)c(F)cc2Cl)CCCN1. The second-order valence-electron chi connectivity index (χ2n) is 4.18. The maximum absolute atomic E-state index is 13.2. The molecule has 2 amide bonds. The molecule has 0 aliphatic carbocycles. The van der Waals surface area contributed by atoms with Crippen LogP contribution in [-0.2, 0) is 4.79 Å². The lowest BCUT2D eigenvalue weighted by atomic mass is 10.1. The van der Waals surface area contributed by atoms with Crippen molar-refractivity contribution in [1.29, 1.82) is 0 Å². The van der Waals surface area contributed by atoms with Gasteiger partial charge in [0.05, 0.1) is 17.1 Å². The van der Waals surface area contributed by atoms with Crippen LogP contribution in [0.3, 0.4) is 0 Å². The van der Waals surface area contributed by atoms with Crippen LogP contribution in [0.15, 0.2) is 12.1 Å². The lowest BCUT2D eigenvalue weighted by Crippen LogP contribution is -2.37. The van der Waals surface area contributed by atoms with Gasteiger partial charge in [-0.2, -0.15) is 0 Å². The Morgan fingerprint density at radius 1 is 1.32 bits per heavy atom. The first-order valence-corrected chi connectivity index (χ1v) is 6.07. The quantitative estimate of drug-likeness (QED) is 0.798. The molecule has 2 rings (SSSR count). The van der Waals surface area contributed by atoms with Crippen molar-refractivity contribution in [2.75, 3.05) is 19.6 Å². The highest BCUT2D eigenvalue weighted by atomic mass is 35.5. The van der Waals surface area contributed by atoms with Crippen molar-refractivity contribution in [3.05, 3.63) is 34.4 Å². The molecule has 7 heteroatoms. The average molecular weight is 289 g/mol. The number of amides is 2. The van der Waals surface area contributed by atoms with Gasteiger partial charge in [-0.25, -0.2) is 8.78 Å². The Morgan fingerprint density at radius 2 is 2.00 bits per heavy atom. The number of carbonyl (C=O) groups excluding carboxylic acids is 2. The summed E-state index contributed by atoms with van der Waals surface area (Å²) in [6.45, 7) is 0.717. The zero-order chi connectivity index (χ0) is 14.0. The molecule has 0 aromatic heterocycles. The van der Waals surface area contributed by atoms with E-state index in [1.165, 1.54) is 4.90 Å². The number of nitrogens with zero attached hydrogens (tertiary/aromatic N) is 1. The van der Waals surface area contributed by atoms with E-state index in [9.17, 15) is 18.4 Å². The van der Waals surface area contributed by atoms with Crippen LogP contribution >= 0.6 is 11.6 Å². The van der Waals surface area contributed by atoms with Crippen molar-refractivity contribution >= 4 is 23.4 Å². The van der Waals surface area contributed by atoms with Gasteiger partial charge in [-0.1, -0.05) is 11.6 Å². The van der Waals surface area contributed by atoms with Gasteiger partial charge in [0.15, 0.2) is 11.6 Å². The summed E-state index contributed by atoms with van der Waals surface area (Å²) in [6, 6.07) is 1.50. The number of nitrogens with one attached hydrogen (secondary N) is 1. The lowest BCUT2D eigenvalue weighted by Gasteiger charge is -2.19. The Labute approximate surface area is 113 Å². The molecule has 1 aromatic carbocycles. The van der Waals surface area contributed by atoms with Crippen molar-refractivity contribution in [3.8, 4) is 0 Å². The van der Waals surface area contributed by atoms with Crippen molar-refractivity contribution in [3.63, 3.8) is 0 Å². The Hall–Kier alpha value is -1.69. The minimum atomic E-state index is -1.15. The van der Waals surface area contributed by atoms with Crippen molar-refractivity contribution in [1.82, 2.24) is 10.2 Å². The molecular formula is C12H11ClF2N2O2. The molecule has 1 saturated heterocycles. The maximum Gasteiger partial charge on any atom is 0.255 e. The van der Waals surface area contributed by atoms with Crippen molar-refractivity contribution in [2.24, 2.45) is 0 Å². The smallest absolute Gasteiger partial charge is 0.255 e. The third-order valence-electron chi connectivity index (χ3n) is 2.79. The molecule has 1 N–H and O–H groups in total. The number of hydrogen-bond acceptors (Lipinski definition) is 2. The summed E-state index contributed by atoms with van der Waals surface area (Å²) in [4.78, 5) is 24.8. The minimum Gasteiger partial charge on any atom is -0.354 e. The number of benzene rings is 1. The number of hydrogen-bond donors (Lipinski definition) is 1. The van der Waals surface area contributed by atoms with Gasteiger partial charge in [0.2, 0.25) is 5.91 Å². The summed E-state index contributed by atoms with van der Waals surface area (Å²) in [7, 11) is 0. The van der Waals surface area contributed by atoms with Crippen molar-refractivity contribution < 1.29 is 18.4 Å². The minimum absolute atomic E-state index is 0.117. The van der Waals surface area contributed by atoms with Crippen LogP contribution in [-0.4, -0.2) is 36.3 Å². The summed E-state index contributed by atoms with van der Waals surface area (Å²) in [5.41, 5.74) is -0.143. The van der Waals surface area contributed by atoms with Gasteiger partial charge in [-0.3, -0.25) is 9.59 Å². The average Bonchev–Trinajstić information content (AvgIpc) is 2.58. The van der Waals surface area contributed by atoms with E-state index in [2.05, 4.69) is 5.32 Å². The Bertz CT molecular complexity index is 537. The first-order valence-electron chi connectivity index (χ1n) is 5.69. The molecule has 1 fully saturated rings. The summed E-state index contributed by atoms with van der Waals surface area (Å²) in [5.74, 6) is -3.13. The molecular weight excluding hydrogens is 278 g/mol. The molecule has 0 radical (unpaired) electrons. The van der Waals surface area contributed by atoms with E-state index in [4.69, 9.17) is 11.6 Å². The second kappa shape index (κ2) is 5.52. The molecule has 0 atom stereocenters. The van der Waals surface area contributed by atoms with Gasteiger partial charge in [0.25, 0.3) is 5.91 Å². The highest BCUT2D eigenvalue weighted by molar-refractivity contribution is 6.33. The summed E-state index contributed by atoms with van der Waals surface area (Å²) >= 11 is 5.74. The molecule has 0 bridgehead atoms. The first-order chi connectivity index (χ1) is 8.99. The fraction of sp³-hybridized carbons (Fsp3) is 0.333. The fourth-order valence-electron chi connectivity index (χ4n) is 1.84. The van der Waals surface area contributed by atoms with Crippen LogP contribution in [0, 0.1) is 11.6 Å². The van der Waals surface area contributed by atoms with E-state index in [1.54, 1.807) is 0 Å². The van der Waals surface area contributed by atoms with Crippen LogP contribution in [0.4, 0.5) is 8.78 Å². The van der Waals surface area contributed by atoms with E-state index in [1.807, 2.05) is 0 Å². The first kappa shape index (κ1) is 13.7. The van der Waals surface area contributed by atoms with E-state index >= 15 is 0 Å². The highest BCUT2D eigenvalue weighted by Gasteiger charge is 2.24. The molecule has 1 heterocycles. The van der Waals surface area contributed by atoms with E-state index < -0.39 is 17.5 Å². The molecule has 0 saturated carbocycles. The maximum atomic E-state index is 13.2. The van der Waals surface area contributed by atoms with Gasteiger partial charge in [-0.15, -0.1) is 0 Å². The molecule has 1 aliphatic rings. The third kappa shape index (κ3) is 3.01. The normalized spacial score (nSPS) is 15.9. The van der Waals surface area contributed by atoms with Crippen LogP contribution in [0.5, 0.6) is 0 Å². The van der Waals surface area contributed by atoms with E-state index in [0.29, 0.717) is 19.5 Å². The molecule has 0 spiro atoms. The summed E-state index contributed by atoms with van der Waals surface area (Å²) in [5, 5.41) is 2.44. The standard InChI is InChI=1S/C12H11ClF2N2O2/c13-8-5-10(15)9(14)4-7(8)12(19)17-3-1-2-16-11(18)6-17/h4-5H,1-3,6H2,(H,16,18). The largest absolute Gasteiger partial charge is 0.354 e. The lowest BCUT2D eigenvalue weighted by molar-refractivity contribution is -0.121. The topological polar surface area (TPSA) is 49.4 Å². The van der Waals surface area contributed by atoms with Gasteiger partial charge in [-0.05, 0) is 18.6 Å². The zero-order valence-corrected chi connectivity index (χ0v) is 10.6.